The third-order valence-electron chi connectivity index (χ3n) is 13.3. The van der Waals surface area contributed by atoms with Crippen LogP contribution in [0.5, 0.6) is 0 Å². The molecule has 2 aromatic heterocycles. The highest BCUT2D eigenvalue weighted by Crippen LogP contribution is 2.45. The first kappa shape index (κ1) is 36.2. The lowest BCUT2D eigenvalue weighted by Gasteiger charge is -2.18. The first-order valence-electron chi connectivity index (χ1n) is 22.1. The largest absolute Gasteiger partial charge is 0.309 e. The number of nitrogens with zero attached hydrogens (tertiary/aromatic N) is 2. The van der Waals surface area contributed by atoms with Gasteiger partial charge in [0.2, 0.25) is 0 Å². The van der Waals surface area contributed by atoms with E-state index in [1.54, 1.807) is 0 Å². The second-order valence-electron chi connectivity index (χ2n) is 16.8. The van der Waals surface area contributed by atoms with Crippen LogP contribution < -0.4 is 0 Å². The molecular formula is C62H40N2. The van der Waals surface area contributed by atoms with E-state index < -0.39 is 0 Å². The van der Waals surface area contributed by atoms with Crippen molar-refractivity contribution in [2.24, 2.45) is 0 Å². The van der Waals surface area contributed by atoms with Gasteiger partial charge in [0.25, 0.3) is 0 Å². The predicted octanol–water partition coefficient (Wildman–Crippen LogP) is 16.9. The Morgan fingerprint density at radius 1 is 0.188 bits per heavy atom. The Morgan fingerprint density at radius 2 is 0.469 bits per heavy atom. The van der Waals surface area contributed by atoms with Gasteiger partial charge < -0.3 is 9.13 Å². The number of fused-ring (bicyclic) bond motifs is 8. The molecule has 2 heterocycles. The van der Waals surface area contributed by atoms with Gasteiger partial charge in [-0.3, -0.25) is 0 Å². The van der Waals surface area contributed by atoms with E-state index in [1.165, 1.54) is 121 Å². The standard InChI is InChI=1S/C62H40N2/c1-3-15-47(16-4-1)63-57-25-13-11-19-49(57)55-39-45(35-37-59(55)63)41-27-31-43(32-28-41)61-51-21-7-9-23-53(51)62(54-24-10-8-22-52(54)61)44-33-29-42(30-34-44)46-36-38-60-56(40-46)50-20-12-14-26-58(50)64(60)48-17-5-2-6-18-48/h1-40H. The Morgan fingerprint density at radius 3 is 0.844 bits per heavy atom. The maximum Gasteiger partial charge on any atom is 0.0541 e. The van der Waals surface area contributed by atoms with Crippen LogP contribution >= 0.6 is 0 Å². The maximum absolute atomic E-state index is 2.37. The van der Waals surface area contributed by atoms with Crippen molar-refractivity contribution < 1.29 is 0 Å². The molecule has 0 atom stereocenters. The Labute approximate surface area is 371 Å². The minimum atomic E-state index is 1.17. The van der Waals surface area contributed by atoms with Gasteiger partial charge in [0, 0.05) is 32.9 Å². The molecular weight excluding hydrogens is 773 g/mol. The van der Waals surface area contributed by atoms with E-state index in [9.17, 15) is 0 Å². The van der Waals surface area contributed by atoms with Crippen molar-refractivity contribution in [3.05, 3.63) is 243 Å². The van der Waals surface area contributed by atoms with Gasteiger partial charge in [0.05, 0.1) is 22.1 Å². The zero-order valence-corrected chi connectivity index (χ0v) is 35.0. The molecule has 0 unspecified atom stereocenters. The second-order valence-corrected chi connectivity index (χ2v) is 16.8. The summed E-state index contributed by atoms with van der Waals surface area (Å²) in [7, 11) is 0. The molecule has 0 N–H and O–H groups in total. The lowest BCUT2D eigenvalue weighted by Crippen LogP contribution is -1.93. The number of benzene rings is 11. The molecule has 64 heavy (non-hydrogen) atoms. The monoisotopic (exact) mass is 812 g/mol. The summed E-state index contributed by atoms with van der Waals surface area (Å²) in [5.41, 5.74) is 17.0. The van der Waals surface area contributed by atoms with Crippen LogP contribution in [0.2, 0.25) is 0 Å². The van der Waals surface area contributed by atoms with Crippen LogP contribution in [-0.4, -0.2) is 9.13 Å². The fraction of sp³-hybridized carbons (Fsp3) is 0. The fourth-order valence-electron chi connectivity index (χ4n) is 10.4. The van der Waals surface area contributed by atoms with Crippen LogP contribution in [0.25, 0.3) is 121 Å². The molecule has 13 rings (SSSR count). The average molecular weight is 813 g/mol. The van der Waals surface area contributed by atoms with E-state index in [-0.39, 0.29) is 0 Å². The van der Waals surface area contributed by atoms with E-state index in [0.717, 1.165) is 0 Å². The van der Waals surface area contributed by atoms with Crippen molar-refractivity contribution in [2.75, 3.05) is 0 Å². The highest BCUT2D eigenvalue weighted by molar-refractivity contribution is 6.21. The Bertz CT molecular complexity index is 3590. The van der Waals surface area contributed by atoms with Crippen LogP contribution in [0.4, 0.5) is 0 Å². The van der Waals surface area contributed by atoms with Gasteiger partial charge >= 0.3 is 0 Å². The number of hydrogen-bond acceptors (Lipinski definition) is 0. The maximum atomic E-state index is 2.37. The SMILES string of the molecule is c1ccc(-n2c3ccccc3c3cc(-c4ccc(-c5c6ccccc6c(-c6ccc(-c7ccc8c(c7)c7ccccc7n8-c7ccccc7)cc6)c6ccccc56)cc4)ccc32)cc1. The molecule has 0 amide bonds. The highest BCUT2D eigenvalue weighted by Gasteiger charge is 2.19. The molecule has 0 spiro atoms. The van der Waals surface area contributed by atoms with E-state index in [2.05, 4.69) is 252 Å². The molecule has 0 bridgehead atoms. The van der Waals surface area contributed by atoms with Crippen LogP contribution in [0.1, 0.15) is 0 Å². The molecule has 13 aromatic rings. The van der Waals surface area contributed by atoms with Gasteiger partial charge in [-0.1, -0.05) is 182 Å². The van der Waals surface area contributed by atoms with Gasteiger partial charge in [-0.15, -0.1) is 0 Å². The quantitative estimate of drug-likeness (QED) is 0.148. The number of hydrogen-bond donors (Lipinski definition) is 0. The van der Waals surface area contributed by atoms with Gasteiger partial charge in [0.1, 0.15) is 0 Å². The van der Waals surface area contributed by atoms with Gasteiger partial charge in [-0.05, 0) is 127 Å². The smallest absolute Gasteiger partial charge is 0.0541 e. The van der Waals surface area contributed by atoms with E-state index >= 15 is 0 Å². The molecule has 0 saturated heterocycles. The lowest BCUT2D eigenvalue weighted by molar-refractivity contribution is 1.18. The van der Waals surface area contributed by atoms with Crippen LogP contribution in [0, 0.1) is 0 Å². The summed E-state index contributed by atoms with van der Waals surface area (Å²) in [5, 5.41) is 10.1. The summed E-state index contributed by atoms with van der Waals surface area (Å²) in [5.74, 6) is 0. The molecule has 0 aliphatic heterocycles. The van der Waals surface area contributed by atoms with Crippen molar-refractivity contribution in [2.45, 2.75) is 0 Å². The first-order valence-corrected chi connectivity index (χ1v) is 22.1. The minimum absolute atomic E-state index is 1.17. The molecule has 298 valence electrons. The van der Waals surface area contributed by atoms with Gasteiger partial charge in [0.15, 0.2) is 0 Å². The second kappa shape index (κ2) is 14.6. The van der Waals surface area contributed by atoms with Crippen molar-refractivity contribution in [1.29, 1.82) is 0 Å². The van der Waals surface area contributed by atoms with Crippen molar-refractivity contribution in [1.82, 2.24) is 9.13 Å². The number of aromatic nitrogens is 2. The fourth-order valence-corrected chi connectivity index (χ4v) is 10.4. The van der Waals surface area contributed by atoms with Crippen LogP contribution in [0.3, 0.4) is 0 Å². The summed E-state index contributed by atoms with van der Waals surface area (Å²) < 4.78 is 4.75. The summed E-state index contributed by atoms with van der Waals surface area (Å²) in [4.78, 5) is 0. The Hall–Kier alpha value is -8.46. The molecule has 0 aliphatic carbocycles. The van der Waals surface area contributed by atoms with Crippen molar-refractivity contribution >= 4 is 65.2 Å². The third-order valence-corrected chi connectivity index (χ3v) is 13.3. The molecule has 0 saturated carbocycles. The zero-order chi connectivity index (χ0) is 42.1. The van der Waals surface area contributed by atoms with Crippen LogP contribution in [0.15, 0.2) is 243 Å². The highest BCUT2D eigenvalue weighted by atomic mass is 15.0. The molecule has 0 aliphatic rings. The van der Waals surface area contributed by atoms with E-state index in [0.29, 0.717) is 0 Å². The van der Waals surface area contributed by atoms with Crippen molar-refractivity contribution in [3.8, 4) is 55.9 Å². The summed E-state index contributed by atoms with van der Waals surface area (Å²) in [6.45, 7) is 0. The molecule has 2 heteroatoms. The first-order chi connectivity index (χ1) is 31.8. The topological polar surface area (TPSA) is 9.86 Å². The number of para-hydroxylation sites is 4. The van der Waals surface area contributed by atoms with Gasteiger partial charge in [-0.2, -0.15) is 0 Å². The Kier molecular flexibility index (Phi) is 8.25. The number of rotatable bonds is 6. The van der Waals surface area contributed by atoms with Crippen LogP contribution in [-0.2, 0) is 0 Å². The third kappa shape index (κ3) is 5.66. The van der Waals surface area contributed by atoms with Crippen molar-refractivity contribution in [3.63, 3.8) is 0 Å². The summed E-state index contributed by atoms with van der Waals surface area (Å²) in [6, 6.07) is 88.9. The molecule has 0 radical (unpaired) electrons. The Balaban J connectivity index is 0.886. The summed E-state index contributed by atoms with van der Waals surface area (Å²) >= 11 is 0. The molecule has 2 nitrogen and oxygen atoms in total. The lowest BCUT2D eigenvalue weighted by atomic mass is 9.85. The zero-order valence-electron chi connectivity index (χ0n) is 35.0. The molecule has 11 aromatic carbocycles. The predicted molar refractivity (Wildman–Crippen MR) is 272 cm³/mol. The minimum Gasteiger partial charge on any atom is -0.309 e. The van der Waals surface area contributed by atoms with E-state index in [4.69, 9.17) is 0 Å². The average Bonchev–Trinajstić information content (AvgIpc) is 3.88. The van der Waals surface area contributed by atoms with Gasteiger partial charge in [-0.25, -0.2) is 0 Å². The molecule has 0 fully saturated rings. The van der Waals surface area contributed by atoms with E-state index in [1.807, 2.05) is 0 Å². The normalized spacial score (nSPS) is 11.8. The summed E-state index contributed by atoms with van der Waals surface area (Å²) in [6.07, 6.45) is 0.